The summed E-state index contributed by atoms with van der Waals surface area (Å²) in [6, 6.07) is 2.46. The lowest BCUT2D eigenvalue weighted by molar-refractivity contribution is -0.159. The molecule has 0 spiro atoms. The van der Waals surface area contributed by atoms with Crippen LogP contribution in [0.1, 0.15) is 24.0 Å². The first-order valence-electron chi connectivity index (χ1n) is 5.37. The molecule has 17 heavy (non-hydrogen) atoms. The van der Waals surface area contributed by atoms with Crippen LogP contribution < -0.4 is 0 Å². The lowest BCUT2D eigenvalue weighted by atomic mass is 9.88. The van der Waals surface area contributed by atoms with E-state index in [-0.39, 0.29) is 12.1 Å². The molecule has 92 valence electrons. The number of hydrogen-bond donors (Lipinski definition) is 1. The zero-order chi connectivity index (χ0) is 12.7. The topological polar surface area (TPSA) is 40.5 Å². The average molecular weight is 241 g/mol. The van der Waals surface area contributed by atoms with Crippen molar-refractivity contribution in [2.45, 2.75) is 19.8 Å². The van der Waals surface area contributed by atoms with Gasteiger partial charge in [0.2, 0.25) is 5.91 Å². The van der Waals surface area contributed by atoms with Crippen LogP contribution in [0, 0.1) is 24.5 Å². The smallest absolute Gasteiger partial charge is 0.249 e. The van der Waals surface area contributed by atoms with Crippen molar-refractivity contribution in [1.82, 2.24) is 5.06 Å². The van der Waals surface area contributed by atoms with Crippen LogP contribution in [-0.2, 0) is 4.79 Å². The standard InChI is InChI=1S/C12H13F2NO2/c1-6-3-9(13)11(10(14)4-6)8-5-15(17)12(16)7(8)2/h3-4,7-8,17H,5H2,1-2H3/t7-,8+/m0/s1. The monoisotopic (exact) mass is 241 g/mol. The van der Waals surface area contributed by atoms with E-state index < -0.39 is 29.4 Å². The number of hydroxylamine groups is 2. The normalized spacial score (nSPS) is 24.5. The zero-order valence-corrected chi connectivity index (χ0v) is 9.58. The third kappa shape index (κ3) is 1.91. The molecule has 2 atom stereocenters. The lowest BCUT2D eigenvalue weighted by Gasteiger charge is -2.15. The van der Waals surface area contributed by atoms with Gasteiger partial charge >= 0.3 is 0 Å². The molecule has 1 N–H and O–H groups in total. The van der Waals surface area contributed by atoms with Crippen molar-refractivity contribution in [2.75, 3.05) is 6.54 Å². The van der Waals surface area contributed by atoms with Crippen LogP contribution in [0.5, 0.6) is 0 Å². The minimum atomic E-state index is -0.664. The summed E-state index contributed by atoms with van der Waals surface area (Å²) in [5, 5.41) is 9.80. The average Bonchev–Trinajstić information content (AvgIpc) is 2.45. The van der Waals surface area contributed by atoms with Gasteiger partial charge in [-0.25, -0.2) is 13.8 Å². The van der Waals surface area contributed by atoms with E-state index in [4.69, 9.17) is 0 Å². The largest absolute Gasteiger partial charge is 0.286 e. The van der Waals surface area contributed by atoms with Crippen molar-refractivity contribution >= 4 is 5.91 Å². The molecule has 1 aromatic carbocycles. The van der Waals surface area contributed by atoms with Crippen LogP contribution in [0.4, 0.5) is 8.78 Å². The van der Waals surface area contributed by atoms with Crippen LogP contribution >= 0.6 is 0 Å². The third-order valence-electron chi connectivity index (χ3n) is 3.21. The molecule has 0 bridgehead atoms. The number of carbonyl (C=O) groups is 1. The second-order valence-electron chi connectivity index (χ2n) is 4.46. The molecule has 0 saturated carbocycles. The summed E-state index contributed by atoms with van der Waals surface area (Å²) >= 11 is 0. The van der Waals surface area contributed by atoms with Crippen LogP contribution in [0.2, 0.25) is 0 Å². The Morgan fingerprint density at radius 2 is 1.88 bits per heavy atom. The van der Waals surface area contributed by atoms with E-state index in [1.807, 2.05) is 0 Å². The van der Waals surface area contributed by atoms with Crippen molar-refractivity contribution in [3.05, 3.63) is 34.9 Å². The van der Waals surface area contributed by atoms with Gasteiger partial charge in [-0.1, -0.05) is 6.92 Å². The number of halogens is 2. The number of rotatable bonds is 1. The Labute approximate surface area is 97.6 Å². The van der Waals surface area contributed by atoms with Gasteiger partial charge in [-0.15, -0.1) is 0 Å². The molecule has 1 aliphatic rings. The van der Waals surface area contributed by atoms with Gasteiger partial charge in [0.05, 0.1) is 6.54 Å². The molecule has 1 saturated heterocycles. The van der Waals surface area contributed by atoms with E-state index in [0.29, 0.717) is 10.6 Å². The maximum atomic E-state index is 13.7. The first-order chi connectivity index (χ1) is 7.91. The van der Waals surface area contributed by atoms with Crippen LogP contribution in [0.3, 0.4) is 0 Å². The SMILES string of the molecule is Cc1cc(F)c([C@@H]2CN(O)C(=O)[C@H]2C)c(F)c1. The molecule has 0 aromatic heterocycles. The van der Waals surface area contributed by atoms with E-state index in [9.17, 15) is 18.8 Å². The van der Waals surface area contributed by atoms with Gasteiger partial charge in [-0.2, -0.15) is 0 Å². The predicted octanol–water partition coefficient (Wildman–Crippen LogP) is 2.22. The summed E-state index contributed by atoms with van der Waals surface area (Å²) in [5.41, 5.74) is 0.370. The molecule has 5 heteroatoms. The fourth-order valence-corrected chi connectivity index (χ4v) is 2.25. The van der Waals surface area contributed by atoms with Crippen molar-refractivity contribution in [3.8, 4) is 0 Å². The van der Waals surface area contributed by atoms with Crippen LogP contribution in [0.25, 0.3) is 0 Å². The summed E-state index contributed by atoms with van der Waals surface area (Å²) in [7, 11) is 0. The Morgan fingerprint density at radius 1 is 1.35 bits per heavy atom. The molecule has 1 heterocycles. The summed E-state index contributed by atoms with van der Waals surface area (Å²) in [4.78, 5) is 11.4. The Bertz CT molecular complexity index is 453. The second kappa shape index (κ2) is 4.07. The highest BCUT2D eigenvalue weighted by molar-refractivity contribution is 5.81. The minimum Gasteiger partial charge on any atom is -0.286 e. The van der Waals surface area contributed by atoms with Crippen molar-refractivity contribution in [3.63, 3.8) is 0 Å². The van der Waals surface area contributed by atoms with Gasteiger partial charge < -0.3 is 0 Å². The highest BCUT2D eigenvalue weighted by atomic mass is 19.1. The summed E-state index contributed by atoms with van der Waals surface area (Å²) in [6.45, 7) is 3.08. The van der Waals surface area contributed by atoms with E-state index in [1.54, 1.807) is 13.8 Å². The number of nitrogens with zero attached hydrogens (tertiary/aromatic N) is 1. The molecule has 0 aliphatic carbocycles. The van der Waals surface area contributed by atoms with E-state index >= 15 is 0 Å². The predicted molar refractivity (Wildman–Crippen MR) is 56.5 cm³/mol. The van der Waals surface area contributed by atoms with E-state index in [1.165, 1.54) is 12.1 Å². The number of aryl methyl sites for hydroxylation is 1. The first-order valence-corrected chi connectivity index (χ1v) is 5.37. The number of carbonyl (C=O) groups excluding carboxylic acids is 1. The van der Waals surface area contributed by atoms with Gasteiger partial charge in [0.25, 0.3) is 0 Å². The van der Waals surface area contributed by atoms with Crippen molar-refractivity contribution in [1.29, 1.82) is 0 Å². The third-order valence-corrected chi connectivity index (χ3v) is 3.21. The van der Waals surface area contributed by atoms with Gasteiger partial charge in [0.1, 0.15) is 11.6 Å². The molecule has 1 amide bonds. The molecular weight excluding hydrogens is 228 g/mol. The fraction of sp³-hybridized carbons (Fsp3) is 0.417. The van der Waals surface area contributed by atoms with Crippen molar-refractivity contribution in [2.24, 2.45) is 5.92 Å². The molecule has 3 nitrogen and oxygen atoms in total. The fourth-order valence-electron chi connectivity index (χ4n) is 2.25. The quantitative estimate of drug-likeness (QED) is 0.766. The van der Waals surface area contributed by atoms with Crippen molar-refractivity contribution < 1.29 is 18.8 Å². The summed E-state index contributed by atoms with van der Waals surface area (Å²) < 4.78 is 27.5. The number of amides is 1. The maximum absolute atomic E-state index is 13.7. The maximum Gasteiger partial charge on any atom is 0.249 e. The first kappa shape index (κ1) is 12.0. The van der Waals surface area contributed by atoms with E-state index in [2.05, 4.69) is 0 Å². The Morgan fingerprint density at radius 3 is 2.29 bits per heavy atom. The molecule has 1 aromatic rings. The molecule has 0 unspecified atom stereocenters. The Balaban J connectivity index is 2.45. The molecular formula is C12H13F2NO2. The van der Waals surface area contributed by atoms with Crippen LogP contribution in [0.15, 0.2) is 12.1 Å². The van der Waals surface area contributed by atoms with Gasteiger partial charge in [-0.3, -0.25) is 10.0 Å². The van der Waals surface area contributed by atoms with Gasteiger partial charge in [-0.05, 0) is 24.6 Å². The summed E-state index contributed by atoms with van der Waals surface area (Å²) in [6.07, 6.45) is 0. The summed E-state index contributed by atoms with van der Waals surface area (Å²) in [5.74, 6) is -3.10. The minimum absolute atomic E-state index is 0.0725. The van der Waals surface area contributed by atoms with Gasteiger partial charge in [0, 0.05) is 17.4 Å². The second-order valence-corrected chi connectivity index (χ2v) is 4.46. The molecule has 2 rings (SSSR count). The highest BCUT2D eigenvalue weighted by Crippen LogP contribution is 2.35. The Hall–Kier alpha value is -1.49. The Kier molecular flexibility index (Phi) is 2.87. The highest BCUT2D eigenvalue weighted by Gasteiger charge is 2.40. The van der Waals surface area contributed by atoms with Crippen LogP contribution in [-0.4, -0.2) is 22.7 Å². The molecule has 1 fully saturated rings. The molecule has 0 radical (unpaired) electrons. The number of benzene rings is 1. The molecule has 1 aliphatic heterocycles. The lowest BCUT2D eigenvalue weighted by Crippen LogP contribution is -2.21. The number of hydrogen-bond acceptors (Lipinski definition) is 2. The van der Waals surface area contributed by atoms with E-state index in [0.717, 1.165) is 0 Å². The zero-order valence-electron chi connectivity index (χ0n) is 9.58. The van der Waals surface area contributed by atoms with Gasteiger partial charge in [0.15, 0.2) is 0 Å².